The molecule has 1 aliphatic rings. The molecule has 0 saturated heterocycles. The third-order valence-electron chi connectivity index (χ3n) is 3.09. The predicted molar refractivity (Wildman–Crippen MR) is 54.5 cm³/mol. The molecule has 0 amide bonds. The van der Waals surface area contributed by atoms with Crippen molar-refractivity contribution in [2.75, 3.05) is 0 Å². The van der Waals surface area contributed by atoms with Gasteiger partial charge >= 0.3 is 12.1 Å². The summed E-state index contributed by atoms with van der Waals surface area (Å²) in [5.41, 5.74) is 4.09. The number of carbonyl (C=O) groups excluding carboxylic acids is 1. The van der Waals surface area contributed by atoms with Crippen molar-refractivity contribution in [3.63, 3.8) is 0 Å². The van der Waals surface area contributed by atoms with Crippen molar-refractivity contribution in [3.8, 4) is 0 Å². The summed E-state index contributed by atoms with van der Waals surface area (Å²) in [5, 5.41) is 13.3. The lowest BCUT2D eigenvalue weighted by Crippen LogP contribution is -2.49. The number of rotatable bonds is 2. The Hall–Kier alpha value is -1.71. The monoisotopic (exact) mass is 279 g/mol. The van der Waals surface area contributed by atoms with Gasteiger partial charge in [0.2, 0.25) is 0 Å². The highest BCUT2D eigenvalue weighted by molar-refractivity contribution is 5.76. The molecule has 1 aromatic rings. The minimum absolute atomic E-state index is 0.0417. The fourth-order valence-corrected chi connectivity index (χ4v) is 2.05. The van der Waals surface area contributed by atoms with Gasteiger partial charge in [-0.1, -0.05) is 5.21 Å². The van der Waals surface area contributed by atoms with Crippen LogP contribution in [0.2, 0.25) is 0 Å². The molecule has 1 fully saturated rings. The maximum atomic E-state index is 12.1. The smallest absolute Gasteiger partial charge is 0.437 e. The Morgan fingerprint density at radius 3 is 2.53 bits per heavy atom. The summed E-state index contributed by atoms with van der Waals surface area (Å²) >= 11 is 0. The highest BCUT2D eigenvalue weighted by Crippen LogP contribution is 2.36. The van der Waals surface area contributed by atoms with Crippen molar-refractivity contribution in [1.29, 1.82) is 0 Å². The number of carbonyl (C=O) groups is 1. The summed E-state index contributed by atoms with van der Waals surface area (Å²) in [6.45, 7) is 0. The van der Waals surface area contributed by atoms with E-state index in [9.17, 15) is 18.0 Å². The number of hydrogen-bond donors (Lipinski definition) is 2. The molecule has 0 unspecified atom stereocenters. The van der Waals surface area contributed by atoms with E-state index in [0.29, 0.717) is 18.7 Å². The van der Waals surface area contributed by atoms with Gasteiger partial charge in [-0.15, -0.1) is 10.2 Å². The second kappa shape index (κ2) is 4.76. The third-order valence-corrected chi connectivity index (χ3v) is 3.09. The maximum absolute atomic E-state index is 12.1. The summed E-state index contributed by atoms with van der Waals surface area (Å²) in [5.74, 6) is -1.81. The Morgan fingerprint density at radius 2 is 2.05 bits per heavy atom. The van der Waals surface area contributed by atoms with E-state index in [0.717, 1.165) is 0 Å². The zero-order valence-electron chi connectivity index (χ0n) is 9.78. The van der Waals surface area contributed by atoms with Gasteiger partial charge in [-0.3, -0.25) is 5.73 Å². The molecule has 2 rings (SSSR count). The number of ether oxygens (including phenoxy) is 1. The van der Waals surface area contributed by atoms with Crippen molar-refractivity contribution in [2.45, 2.75) is 43.5 Å². The number of hydrogen-bond acceptors (Lipinski definition) is 6. The molecule has 7 nitrogen and oxygen atoms in total. The third kappa shape index (κ3) is 3.19. The van der Waals surface area contributed by atoms with E-state index in [1.54, 1.807) is 0 Å². The average Bonchev–Trinajstić information content (AvgIpc) is 2.82. The van der Waals surface area contributed by atoms with Crippen LogP contribution >= 0.6 is 0 Å². The van der Waals surface area contributed by atoms with Crippen LogP contribution < -0.4 is 5.73 Å². The minimum Gasteiger partial charge on any atom is -0.437 e. The number of esters is 1. The summed E-state index contributed by atoms with van der Waals surface area (Å²) < 4.78 is 40.7. The van der Waals surface area contributed by atoms with Gasteiger partial charge in [0.25, 0.3) is 0 Å². The van der Waals surface area contributed by atoms with Crippen LogP contribution in [-0.2, 0) is 9.53 Å². The molecule has 106 valence electrons. The lowest BCUT2D eigenvalue weighted by atomic mass is 9.83. The van der Waals surface area contributed by atoms with E-state index in [1.165, 1.54) is 0 Å². The van der Waals surface area contributed by atoms with Gasteiger partial charge in [0.15, 0.2) is 11.5 Å². The fourth-order valence-electron chi connectivity index (χ4n) is 2.05. The first-order chi connectivity index (χ1) is 8.80. The van der Waals surface area contributed by atoms with Crippen LogP contribution in [0.15, 0.2) is 0 Å². The average molecular weight is 279 g/mol. The molecule has 0 radical (unpaired) electrons. The largest absolute Gasteiger partial charge is 0.490 e. The van der Waals surface area contributed by atoms with E-state index in [4.69, 9.17) is 5.73 Å². The quantitative estimate of drug-likeness (QED) is 0.607. The lowest BCUT2D eigenvalue weighted by Gasteiger charge is -2.35. The fraction of sp³-hybridized carbons (Fsp3) is 0.778. The molecule has 3 N–H and O–H groups in total. The first-order valence-corrected chi connectivity index (χ1v) is 5.62. The van der Waals surface area contributed by atoms with Crippen LogP contribution in [0.25, 0.3) is 0 Å². The second-order valence-corrected chi connectivity index (χ2v) is 4.50. The molecule has 10 heteroatoms. The van der Waals surface area contributed by atoms with Gasteiger partial charge in [-0.2, -0.15) is 18.4 Å². The number of aromatic nitrogens is 4. The Labute approximate surface area is 105 Å². The van der Waals surface area contributed by atoms with Crippen molar-refractivity contribution in [2.24, 2.45) is 5.73 Å². The number of tetrazole rings is 1. The second-order valence-electron chi connectivity index (χ2n) is 4.50. The number of halogens is 3. The molecule has 0 atom stereocenters. The van der Waals surface area contributed by atoms with Crippen LogP contribution in [-0.4, -0.2) is 38.5 Å². The highest BCUT2D eigenvalue weighted by Gasteiger charge is 2.46. The van der Waals surface area contributed by atoms with E-state index in [1.807, 2.05) is 0 Å². The van der Waals surface area contributed by atoms with Crippen LogP contribution in [0.4, 0.5) is 13.2 Å². The molecule has 1 aromatic heterocycles. The summed E-state index contributed by atoms with van der Waals surface area (Å²) in [4.78, 5) is 10.8. The molecule has 1 heterocycles. The Bertz CT molecular complexity index is 439. The van der Waals surface area contributed by atoms with Gasteiger partial charge in [0.1, 0.15) is 0 Å². The zero-order chi connectivity index (χ0) is 14.1. The summed E-state index contributed by atoms with van der Waals surface area (Å²) in [6, 6.07) is 0. The number of nitrogens with one attached hydrogen (secondary N) is 1. The topological polar surface area (TPSA) is 107 Å². The molecular formula is C9H12F3N5O2. The molecule has 0 aromatic carbocycles. The van der Waals surface area contributed by atoms with Crippen LogP contribution in [0.5, 0.6) is 0 Å². The number of nitrogens with two attached hydrogens (primary N) is 1. The molecule has 0 spiro atoms. The number of H-pyrrole nitrogens is 1. The first kappa shape index (κ1) is 13.7. The highest BCUT2D eigenvalue weighted by atomic mass is 19.4. The lowest BCUT2D eigenvalue weighted by molar-refractivity contribution is -0.216. The molecule has 0 aliphatic heterocycles. The molecule has 19 heavy (non-hydrogen) atoms. The normalized spacial score (nSPS) is 28.1. The zero-order valence-corrected chi connectivity index (χ0v) is 9.78. The van der Waals surface area contributed by atoms with E-state index in [2.05, 4.69) is 25.4 Å². The van der Waals surface area contributed by atoms with Gasteiger partial charge in [0, 0.05) is 18.8 Å². The molecule has 1 aliphatic carbocycles. The van der Waals surface area contributed by atoms with Crippen molar-refractivity contribution in [1.82, 2.24) is 20.6 Å². The van der Waals surface area contributed by atoms with Crippen molar-refractivity contribution >= 4 is 5.97 Å². The SMILES string of the molecule is NC1(OC(=O)C(F)(F)F)CCC(c2nn[nH]n2)CC1. The van der Waals surface area contributed by atoms with E-state index in [-0.39, 0.29) is 18.8 Å². The van der Waals surface area contributed by atoms with Gasteiger partial charge in [0.05, 0.1) is 0 Å². The van der Waals surface area contributed by atoms with Crippen LogP contribution in [0, 0.1) is 0 Å². The number of aromatic amines is 1. The van der Waals surface area contributed by atoms with Gasteiger partial charge in [-0.05, 0) is 12.8 Å². The Morgan fingerprint density at radius 1 is 1.42 bits per heavy atom. The van der Waals surface area contributed by atoms with Gasteiger partial charge in [-0.25, -0.2) is 4.79 Å². The Kier molecular flexibility index (Phi) is 3.43. The summed E-state index contributed by atoms with van der Waals surface area (Å²) in [7, 11) is 0. The predicted octanol–water partition coefficient (Wildman–Crippen LogP) is 0.618. The van der Waals surface area contributed by atoms with Crippen molar-refractivity contribution in [3.05, 3.63) is 5.82 Å². The van der Waals surface area contributed by atoms with Crippen molar-refractivity contribution < 1.29 is 22.7 Å². The van der Waals surface area contributed by atoms with Crippen LogP contribution in [0.3, 0.4) is 0 Å². The number of alkyl halides is 3. The van der Waals surface area contributed by atoms with E-state index < -0.39 is 17.9 Å². The van der Waals surface area contributed by atoms with Gasteiger partial charge < -0.3 is 4.74 Å². The first-order valence-electron chi connectivity index (χ1n) is 5.62. The summed E-state index contributed by atoms with van der Waals surface area (Å²) in [6.07, 6.45) is -3.93. The molecular weight excluding hydrogens is 267 g/mol. The maximum Gasteiger partial charge on any atom is 0.490 e. The molecule has 1 saturated carbocycles. The minimum atomic E-state index is -5.03. The number of nitrogens with zero attached hydrogens (tertiary/aromatic N) is 3. The van der Waals surface area contributed by atoms with E-state index >= 15 is 0 Å². The Balaban J connectivity index is 1.93. The molecule has 0 bridgehead atoms. The standard InChI is InChI=1S/C9H12F3N5O2/c10-9(11,12)7(18)19-8(13)3-1-5(2-4-8)6-14-16-17-15-6/h5H,1-4,13H2,(H,14,15,16,17). The van der Waals surface area contributed by atoms with Crippen LogP contribution in [0.1, 0.15) is 37.4 Å².